The summed E-state index contributed by atoms with van der Waals surface area (Å²) in [5, 5.41) is 5.02. The number of aldehydes is 1. The van der Waals surface area contributed by atoms with Crippen LogP contribution < -0.4 is 0 Å². The number of hydrogen-bond acceptors (Lipinski definition) is 5. The molecule has 0 unspecified atom stereocenters. The monoisotopic (exact) mass is 290 g/mol. The van der Waals surface area contributed by atoms with Gasteiger partial charge in [-0.25, -0.2) is 4.68 Å². The van der Waals surface area contributed by atoms with Crippen LogP contribution in [0.1, 0.15) is 16.1 Å². The molecule has 2 rings (SSSR count). The summed E-state index contributed by atoms with van der Waals surface area (Å²) in [7, 11) is 1.34. The quantitative estimate of drug-likeness (QED) is 0.480. The van der Waals surface area contributed by atoms with Crippen molar-refractivity contribution in [1.82, 2.24) is 9.78 Å². The molecule has 1 heterocycles. The zero-order valence-electron chi connectivity index (χ0n) is 11.2. The second-order valence-corrected chi connectivity index (χ2v) is 5.00. The largest absolute Gasteiger partial charge is 0.468 e. The highest BCUT2D eigenvalue weighted by molar-refractivity contribution is 8.00. The number of methoxy groups -OCH3 is 1. The predicted molar refractivity (Wildman–Crippen MR) is 76.4 cm³/mol. The van der Waals surface area contributed by atoms with Gasteiger partial charge in [0, 0.05) is 0 Å². The summed E-state index contributed by atoms with van der Waals surface area (Å²) >= 11 is 1.24. The SMILES string of the molecule is COC(=O)CSc1c(C=O)c(C)nn1-c1ccccc1. The molecule has 0 N–H and O–H groups in total. The van der Waals surface area contributed by atoms with Crippen LogP contribution in [-0.2, 0) is 9.53 Å². The van der Waals surface area contributed by atoms with Gasteiger partial charge in [0.05, 0.1) is 29.8 Å². The van der Waals surface area contributed by atoms with E-state index in [1.807, 2.05) is 30.3 Å². The Morgan fingerprint density at radius 2 is 2.10 bits per heavy atom. The number of aryl methyl sites for hydroxylation is 1. The highest BCUT2D eigenvalue weighted by Crippen LogP contribution is 2.27. The van der Waals surface area contributed by atoms with Crippen molar-refractivity contribution in [2.45, 2.75) is 11.9 Å². The van der Waals surface area contributed by atoms with Gasteiger partial charge in [0.2, 0.25) is 0 Å². The number of nitrogens with zero attached hydrogens (tertiary/aromatic N) is 2. The molecule has 0 aliphatic carbocycles. The summed E-state index contributed by atoms with van der Waals surface area (Å²) in [5.41, 5.74) is 1.98. The molecule has 0 aliphatic rings. The molecule has 6 heteroatoms. The van der Waals surface area contributed by atoms with Gasteiger partial charge in [0.15, 0.2) is 6.29 Å². The third kappa shape index (κ3) is 2.91. The third-order valence-electron chi connectivity index (χ3n) is 2.74. The normalized spacial score (nSPS) is 10.3. The maximum Gasteiger partial charge on any atom is 0.316 e. The fraction of sp³-hybridized carbons (Fsp3) is 0.214. The molecule has 104 valence electrons. The Hall–Kier alpha value is -2.08. The van der Waals surface area contributed by atoms with Crippen molar-refractivity contribution in [3.8, 4) is 5.69 Å². The van der Waals surface area contributed by atoms with E-state index in [0.29, 0.717) is 16.3 Å². The van der Waals surface area contributed by atoms with Gasteiger partial charge in [-0.2, -0.15) is 5.10 Å². The van der Waals surface area contributed by atoms with Crippen LogP contribution in [0.25, 0.3) is 5.69 Å². The first-order chi connectivity index (χ1) is 9.67. The summed E-state index contributed by atoms with van der Waals surface area (Å²) in [4.78, 5) is 22.5. The molecule has 0 amide bonds. The number of benzene rings is 1. The molecule has 0 saturated carbocycles. The van der Waals surface area contributed by atoms with Crippen molar-refractivity contribution in [3.63, 3.8) is 0 Å². The molecule has 0 atom stereocenters. The van der Waals surface area contributed by atoms with E-state index in [1.54, 1.807) is 11.6 Å². The minimum Gasteiger partial charge on any atom is -0.468 e. The predicted octanol–water partition coefficient (Wildman–Crippen LogP) is 2.26. The zero-order valence-corrected chi connectivity index (χ0v) is 12.0. The molecule has 0 aliphatic heterocycles. The Morgan fingerprint density at radius 3 is 2.70 bits per heavy atom. The van der Waals surface area contributed by atoms with Crippen LogP contribution in [0.3, 0.4) is 0 Å². The minimum atomic E-state index is -0.342. The van der Waals surface area contributed by atoms with E-state index in [-0.39, 0.29) is 11.7 Å². The molecule has 0 radical (unpaired) electrons. The molecule has 5 nitrogen and oxygen atoms in total. The maximum atomic E-state index is 11.3. The number of hydrogen-bond donors (Lipinski definition) is 0. The fourth-order valence-electron chi connectivity index (χ4n) is 1.72. The standard InChI is InChI=1S/C14H14N2O3S/c1-10-12(8-17)14(20-9-13(18)19-2)16(15-10)11-6-4-3-5-7-11/h3-8H,9H2,1-2H3. The van der Waals surface area contributed by atoms with Crippen molar-refractivity contribution >= 4 is 24.0 Å². The van der Waals surface area contributed by atoms with Gasteiger partial charge in [0.25, 0.3) is 0 Å². The average Bonchev–Trinajstić information content (AvgIpc) is 2.81. The van der Waals surface area contributed by atoms with Gasteiger partial charge in [0.1, 0.15) is 5.03 Å². The van der Waals surface area contributed by atoms with Gasteiger partial charge in [-0.1, -0.05) is 30.0 Å². The molecule has 0 saturated heterocycles. The Bertz CT molecular complexity index is 623. The summed E-state index contributed by atoms with van der Waals surface area (Å²) in [5.74, 6) is -0.208. The third-order valence-corrected chi connectivity index (χ3v) is 3.78. The van der Waals surface area contributed by atoms with E-state index in [2.05, 4.69) is 9.84 Å². The highest BCUT2D eigenvalue weighted by atomic mass is 32.2. The lowest BCUT2D eigenvalue weighted by atomic mass is 10.3. The molecule has 1 aromatic carbocycles. The number of esters is 1. The minimum absolute atomic E-state index is 0.134. The van der Waals surface area contributed by atoms with Crippen molar-refractivity contribution in [2.24, 2.45) is 0 Å². The van der Waals surface area contributed by atoms with Crippen LogP contribution in [0, 0.1) is 6.92 Å². The highest BCUT2D eigenvalue weighted by Gasteiger charge is 2.17. The van der Waals surface area contributed by atoms with E-state index in [0.717, 1.165) is 12.0 Å². The number of carbonyl (C=O) groups excluding carboxylic acids is 2. The van der Waals surface area contributed by atoms with Crippen LogP contribution in [-0.4, -0.2) is 34.9 Å². The molecule has 20 heavy (non-hydrogen) atoms. The number of aromatic nitrogens is 2. The Labute approximate surface area is 120 Å². The summed E-state index contributed by atoms with van der Waals surface area (Å²) in [6.07, 6.45) is 0.765. The van der Waals surface area contributed by atoms with Crippen molar-refractivity contribution in [1.29, 1.82) is 0 Å². The van der Waals surface area contributed by atoms with E-state index in [1.165, 1.54) is 18.9 Å². The van der Waals surface area contributed by atoms with E-state index < -0.39 is 0 Å². The molecule has 0 bridgehead atoms. The number of thioether (sulfide) groups is 1. The smallest absolute Gasteiger partial charge is 0.316 e. The Morgan fingerprint density at radius 1 is 1.40 bits per heavy atom. The first-order valence-corrected chi connectivity index (χ1v) is 6.95. The average molecular weight is 290 g/mol. The van der Waals surface area contributed by atoms with Gasteiger partial charge in [-0.05, 0) is 19.1 Å². The van der Waals surface area contributed by atoms with E-state index >= 15 is 0 Å². The zero-order chi connectivity index (χ0) is 14.5. The lowest BCUT2D eigenvalue weighted by Gasteiger charge is -2.07. The van der Waals surface area contributed by atoms with E-state index in [9.17, 15) is 9.59 Å². The van der Waals surface area contributed by atoms with Crippen LogP contribution in [0.2, 0.25) is 0 Å². The molecule has 0 fully saturated rings. The van der Waals surface area contributed by atoms with Crippen LogP contribution >= 0.6 is 11.8 Å². The maximum absolute atomic E-state index is 11.3. The second kappa shape index (κ2) is 6.38. The van der Waals surface area contributed by atoms with Crippen molar-refractivity contribution in [3.05, 3.63) is 41.6 Å². The van der Waals surface area contributed by atoms with Gasteiger partial charge in [-0.15, -0.1) is 0 Å². The lowest BCUT2D eigenvalue weighted by Crippen LogP contribution is -2.05. The lowest BCUT2D eigenvalue weighted by molar-refractivity contribution is -0.137. The first-order valence-electron chi connectivity index (χ1n) is 5.97. The summed E-state index contributed by atoms with van der Waals surface area (Å²) in [6.45, 7) is 1.77. The van der Waals surface area contributed by atoms with E-state index in [4.69, 9.17) is 0 Å². The Kier molecular flexibility index (Phi) is 4.57. The molecule has 1 aromatic heterocycles. The fourth-order valence-corrected chi connectivity index (χ4v) is 2.72. The van der Waals surface area contributed by atoms with Crippen LogP contribution in [0.15, 0.2) is 35.4 Å². The molecular formula is C14H14N2O3S. The van der Waals surface area contributed by atoms with Crippen LogP contribution in [0.4, 0.5) is 0 Å². The first kappa shape index (κ1) is 14.3. The van der Waals surface area contributed by atoms with Crippen LogP contribution in [0.5, 0.6) is 0 Å². The summed E-state index contributed by atoms with van der Waals surface area (Å²) in [6, 6.07) is 9.47. The molecule has 0 spiro atoms. The van der Waals surface area contributed by atoms with Gasteiger partial charge >= 0.3 is 5.97 Å². The number of carbonyl (C=O) groups is 2. The topological polar surface area (TPSA) is 61.2 Å². The Balaban J connectivity index is 2.41. The van der Waals surface area contributed by atoms with Crippen molar-refractivity contribution < 1.29 is 14.3 Å². The van der Waals surface area contributed by atoms with Gasteiger partial charge in [-0.3, -0.25) is 9.59 Å². The second-order valence-electron chi connectivity index (χ2n) is 4.03. The number of rotatable bonds is 5. The number of ether oxygens (including phenoxy) is 1. The summed E-state index contributed by atoms with van der Waals surface area (Å²) < 4.78 is 6.29. The van der Waals surface area contributed by atoms with Gasteiger partial charge < -0.3 is 4.74 Å². The number of para-hydroxylation sites is 1. The molecular weight excluding hydrogens is 276 g/mol. The molecule has 2 aromatic rings. The van der Waals surface area contributed by atoms with Crippen molar-refractivity contribution in [2.75, 3.05) is 12.9 Å².